The van der Waals surface area contributed by atoms with Crippen molar-refractivity contribution in [2.24, 2.45) is 0 Å². The number of anilines is 1. The van der Waals surface area contributed by atoms with Gasteiger partial charge in [0.2, 0.25) is 17.6 Å². The third-order valence-corrected chi connectivity index (χ3v) is 5.80. The van der Waals surface area contributed by atoms with Crippen LogP contribution < -0.4 is 5.32 Å². The van der Waals surface area contributed by atoms with Crippen molar-refractivity contribution in [3.8, 4) is 28.5 Å². The van der Waals surface area contributed by atoms with Crippen LogP contribution in [0.5, 0.6) is 0 Å². The number of rotatable bonds is 7. The molecule has 0 saturated carbocycles. The quantitative estimate of drug-likeness (QED) is 0.349. The standard InChI is InChI=1S/C24H19N7O2S/c1-16-26-22(30-33-16)19-11-5-6-12-20(19)27-21(32)15-34-24-29-28-23(17-8-7-13-25-14-17)31(24)18-9-3-2-4-10-18/h2-14H,15H2,1H3,(H,27,32). The number of hydrogen-bond acceptors (Lipinski definition) is 8. The highest BCUT2D eigenvalue weighted by molar-refractivity contribution is 7.99. The molecule has 0 radical (unpaired) electrons. The highest BCUT2D eigenvalue weighted by Gasteiger charge is 2.18. The number of hydrogen-bond donors (Lipinski definition) is 1. The Morgan fingerprint density at radius 2 is 1.85 bits per heavy atom. The van der Waals surface area contributed by atoms with Gasteiger partial charge >= 0.3 is 0 Å². The summed E-state index contributed by atoms with van der Waals surface area (Å²) in [6, 6.07) is 20.9. The highest BCUT2D eigenvalue weighted by atomic mass is 32.2. The van der Waals surface area contributed by atoms with Gasteiger partial charge in [-0.1, -0.05) is 47.3 Å². The van der Waals surface area contributed by atoms with E-state index in [9.17, 15) is 4.79 Å². The van der Waals surface area contributed by atoms with Crippen molar-refractivity contribution in [1.29, 1.82) is 0 Å². The first kappa shape index (κ1) is 21.5. The Hall–Kier alpha value is -4.31. The maximum Gasteiger partial charge on any atom is 0.234 e. The molecule has 1 amide bonds. The fraction of sp³-hybridized carbons (Fsp3) is 0.0833. The van der Waals surface area contributed by atoms with Gasteiger partial charge in [-0.2, -0.15) is 4.98 Å². The number of aryl methyl sites for hydroxylation is 1. The molecule has 3 heterocycles. The zero-order chi connectivity index (χ0) is 23.3. The summed E-state index contributed by atoms with van der Waals surface area (Å²) in [5.74, 6) is 1.48. The summed E-state index contributed by atoms with van der Waals surface area (Å²) < 4.78 is 7.00. The first-order valence-electron chi connectivity index (χ1n) is 10.4. The van der Waals surface area contributed by atoms with E-state index in [0.717, 1.165) is 11.3 Å². The molecule has 0 spiro atoms. The van der Waals surface area contributed by atoms with Crippen molar-refractivity contribution < 1.29 is 9.32 Å². The van der Waals surface area contributed by atoms with E-state index < -0.39 is 0 Å². The van der Waals surface area contributed by atoms with Crippen molar-refractivity contribution in [2.75, 3.05) is 11.1 Å². The molecule has 0 fully saturated rings. The number of amides is 1. The Labute approximate surface area is 199 Å². The van der Waals surface area contributed by atoms with Crippen LogP contribution in [-0.2, 0) is 4.79 Å². The molecule has 2 aromatic carbocycles. The van der Waals surface area contributed by atoms with Crippen LogP contribution in [0, 0.1) is 6.92 Å². The molecule has 5 aromatic rings. The van der Waals surface area contributed by atoms with Crippen molar-refractivity contribution >= 4 is 23.4 Å². The van der Waals surface area contributed by atoms with Gasteiger partial charge in [0.1, 0.15) is 0 Å². The first-order chi connectivity index (χ1) is 16.7. The van der Waals surface area contributed by atoms with E-state index in [0.29, 0.717) is 33.9 Å². The predicted octanol–water partition coefficient (Wildman–Crippen LogP) is 4.42. The molecule has 0 bridgehead atoms. The maximum absolute atomic E-state index is 12.8. The van der Waals surface area contributed by atoms with Gasteiger partial charge in [0.05, 0.1) is 11.4 Å². The Morgan fingerprint density at radius 3 is 2.62 bits per heavy atom. The van der Waals surface area contributed by atoms with E-state index in [1.807, 2.05) is 65.2 Å². The number of para-hydroxylation sites is 2. The molecule has 0 unspecified atom stereocenters. The van der Waals surface area contributed by atoms with E-state index in [1.165, 1.54) is 11.8 Å². The van der Waals surface area contributed by atoms with Gasteiger partial charge in [0.25, 0.3) is 0 Å². The van der Waals surface area contributed by atoms with Crippen LogP contribution in [0.3, 0.4) is 0 Å². The number of pyridine rings is 1. The lowest BCUT2D eigenvalue weighted by Gasteiger charge is -2.11. The number of benzene rings is 2. The van der Waals surface area contributed by atoms with Crippen molar-refractivity contribution in [1.82, 2.24) is 29.9 Å². The fourth-order valence-electron chi connectivity index (χ4n) is 3.37. The average molecular weight is 470 g/mol. The minimum absolute atomic E-state index is 0.137. The molecule has 0 aliphatic rings. The monoisotopic (exact) mass is 469 g/mol. The first-order valence-corrected chi connectivity index (χ1v) is 11.4. The molecule has 3 aromatic heterocycles. The van der Waals surface area contributed by atoms with Gasteiger partial charge < -0.3 is 9.84 Å². The van der Waals surface area contributed by atoms with E-state index in [-0.39, 0.29) is 11.7 Å². The Bertz CT molecular complexity index is 1420. The van der Waals surface area contributed by atoms with Crippen LogP contribution in [0.15, 0.2) is 88.8 Å². The lowest BCUT2D eigenvalue weighted by atomic mass is 10.1. The van der Waals surface area contributed by atoms with Crippen molar-refractivity contribution in [3.63, 3.8) is 0 Å². The van der Waals surface area contributed by atoms with Crippen LogP contribution >= 0.6 is 11.8 Å². The molecular formula is C24H19N7O2S. The Kier molecular flexibility index (Phi) is 6.13. The molecule has 0 atom stereocenters. The van der Waals surface area contributed by atoms with Crippen LogP contribution in [0.2, 0.25) is 0 Å². The van der Waals surface area contributed by atoms with Gasteiger partial charge in [0, 0.05) is 36.1 Å². The molecular weight excluding hydrogens is 450 g/mol. The highest BCUT2D eigenvalue weighted by Crippen LogP contribution is 2.29. The second-order valence-corrected chi connectivity index (χ2v) is 8.18. The van der Waals surface area contributed by atoms with Gasteiger partial charge in [-0.15, -0.1) is 10.2 Å². The topological polar surface area (TPSA) is 112 Å². The van der Waals surface area contributed by atoms with Crippen LogP contribution in [0.4, 0.5) is 5.69 Å². The summed E-state index contributed by atoms with van der Waals surface area (Å²) in [7, 11) is 0. The summed E-state index contributed by atoms with van der Waals surface area (Å²) in [4.78, 5) is 21.3. The number of carbonyl (C=O) groups excluding carboxylic acids is 1. The Morgan fingerprint density at radius 1 is 1.03 bits per heavy atom. The number of nitrogens with zero attached hydrogens (tertiary/aromatic N) is 6. The number of nitrogens with one attached hydrogen (secondary N) is 1. The van der Waals surface area contributed by atoms with Crippen molar-refractivity contribution in [3.05, 3.63) is 85.0 Å². The summed E-state index contributed by atoms with van der Waals surface area (Å²) >= 11 is 1.30. The molecule has 168 valence electrons. The number of aromatic nitrogens is 6. The largest absolute Gasteiger partial charge is 0.339 e. The molecule has 9 nitrogen and oxygen atoms in total. The van der Waals surface area contributed by atoms with E-state index in [1.54, 1.807) is 25.4 Å². The SMILES string of the molecule is Cc1nc(-c2ccccc2NC(=O)CSc2nnc(-c3cccnc3)n2-c2ccccc2)no1. The van der Waals surface area contributed by atoms with Gasteiger partial charge in [-0.25, -0.2) is 0 Å². The number of thioether (sulfide) groups is 1. The van der Waals surface area contributed by atoms with Crippen LogP contribution in [0.25, 0.3) is 28.5 Å². The van der Waals surface area contributed by atoms with Gasteiger partial charge in [-0.3, -0.25) is 14.3 Å². The maximum atomic E-state index is 12.8. The van der Waals surface area contributed by atoms with Crippen molar-refractivity contribution in [2.45, 2.75) is 12.1 Å². The van der Waals surface area contributed by atoms with E-state index in [4.69, 9.17) is 4.52 Å². The molecule has 1 N–H and O–H groups in total. The fourth-order valence-corrected chi connectivity index (χ4v) is 4.12. The summed E-state index contributed by atoms with van der Waals surface area (Å²) in [6.07, 6.45) is 3.45. The average Bonchev–Trinajstić information content (AvgIpc) is 3.50. The molecule has 34 heavy (non-hydrogen) atoms. The summed E-state index contributed by atoms with van der Waals surface area (Å²) in [5, 5.41) is 16.2. The van der Waals surface area contributed by atoms with E-state index in [2.05, 4.69) is 30.6 Å². The molecule has 0 saturated heterocycles. The predicted molar refractivity (Wildman–Crippen MR) is 128 cm³/mol. The minimum Gasteiger partial charge on any atom is -0.339 e. The lowest BCUT2D eigenvalue weighted by Crippen LogP contribution is -2.15. The third-order valence-electron chi connectivity index (χ3n) is 4.87. The van der Waals surface area contributed by atoms with Crippen LogP contribution in [-0.4, -0.2) is 41.5 Å². The molecule has 10 heteroatoms. The molecule has 0 aliphatic carbocycles. The summed E-state index contributed by atoms with van der Waals surface area (Å²) in [6.45, 7) is 1.72. The second-order valence-electron chi connectivity index (χ2n) is 7.24. The Balaban J connectivity index is 1.37. The van der Waals surface area contributed by atoms with Gasteiger partial charge in [0.15, 0.2) is 11.0 Å². The summed E-state index contributed by atoms with van der Waals surface area (Å²) in [5.41, 5.74) is 3.02. The second kappa shape index (κ2) is 9.67. The van der Waals surface area contributed by atoms with Gasteiger partial charge in [-0.05, 0) is 36.4 Å². The third kappa shape index (κ3) is 4.57. The van der Waals surface area contributed by atoms with E-state index >= 15 is 0 Å². The lowest BCUT2D eigenvalue weighted by molar-refractivity contribution is -0.113. The molecule has 0 aliphatic heterocycles. The van der Waals surface area contributed by atoms with Crippen LogP contribution in [0.1, 0.15) is 5.89 Å². The minimum atomic E-state index is -0.191. The zero-order valence-electron chi connectivity index (χ0n) is 18.1. The molecule has 5 rings (SSSR count). The zero-order valence-corrected chi connectivity index (χ0v) is 18.9. The normalized spacial score (nSPS) is 10.9. The number of carbonyl (C=O) groups is 1. The smallest absolute Gasteiger partial charge is 0.234 e.